The summed E-state index contributed by atoms with van der Waals surface area (Å²) in [5.74, 6) is 0.881. The van der Waals surface area contributed by atoms with E-state index < -0.39 is 0 Å². The molecule has 96 valence electrons. The molecule has 0 aromatic carbocycles. The minimum atomic E-state index is 0.834. The Balaban J connectivity index is 2.39. The fourth-order valence-electron chi connectivity index (χ4n) is 1.87. The Hall–Kier alpha value is -1.23. The molecule has 18 heavy (non-hydrogen) atoms. The first-order valence-corrected chi connectivity index (χ1v) is 7.09. The molecule has 2 heterocycles. The van der Waals surface area contributed by atoms with Gasteiger partial charge < -0.3 is 0 Å². The number of nitrogens with zero attached hydrogens (tertiary/aromatic N) is 4. The van der Waals surface area contributed by atoms with Crippen molar-refractivity contribution in [1.82, 2.24) is 19.7 Å². The highest BCUT2D eigenvalue weighted by Crippen LogP contribution is 2.20. The topological polar surface area (TPSA) is 43.6 Å². The van der Waals surface area contributed by atoms with Crippen molar-refractivity contribution in [1.29, 1.82) is 0 Å². The van der Waals surface area contributed by atoms with E-state index in [1.54, 1.807) is 0 Å². The monoisotopic (exact) mass is 308 g/mol. The number of aromatic nitrogens is 4. The molecule has 5 heteroatoms. The summed E-state index contributed by atoms with van der Waals surface area (Å²) in [5, 5.41) is 4.33. The van der Waals surface area contributed by atoms with Gasteiger partial charge in [0.1, 0.15) is 10.4 Å². The van der Waals surface area contributed by atoms with Crippen LogP contribution in [-0.4, -0.2) is 19.7 Å². The molecule has 0 bridgehead atoms. The second-order valence-electron chi connectivity index (χ2n) is 4.18. The Kier molecular flexibility index (Phi) is 4.47. The van der Waals surface area contributed by atoms with E-state index in [-0.39, 0.29) is 0 Å². The lowest BCUT2D eigenvalue weighted by molar-refractivity contribution is 0.607. The van der Waals surface area contributed by atoms with Gasteiger partial charge in [0.05, 0.1) is 11.4 Å². The lowest BCUT2D eigenvalue weighted by Crippen LogP contribution is -2.04. The van der Waals surface area contributed by atoms with Crippen LogP contribution in [0.5, 0.6) is 0 Å². The van der Waals surface area contributed by atoms with Crippen LogP contribution in [0.25, 0.3) is 11.4 Å². The van der Waals surface area contributed by atoms with Gasteiger partial charge in [0.15, 0.2) is 0 Å². The Bertz CT molecular complexity index is 521. The quantitative estimate of drug-likeness (QED) is 0.794. The van der Waals surface area contributed by atoms with Gasteiger partial charge in [0.25, 0.3) is 0 Å². The van der Waals surface area contributed by atoms with Crippen molar-refractivity contribution in [3.63, 3.8) is 0 Å². The molecule has 0 radical (unpaired) electrons. The van der Waals surface area contributed by atoms with Crippen LogP contribution in [0, 0.1) is 0 Å². The summed E-state index contributed by atoms with van der Waals surface area (Å²) < 4.78 is 2.82. The molecular formula is C13H17BrN4. The van der Waals surface area contributed by atoms with Crippen molar-refractivity contribution in [2.24, 2.45) is 0 Å². The second kappa shape index (κ2) is 6.09. The van der Waals surface area contributed by atoms with Gasteiger partial charge >= 0.3 is 0 Å². The van der Waals surface area contributed by atoms with Crippen molar-refractivity contribution in [3.8, 4) is 11.4 Å². The van der Waals surface area contributed by atoms with Crippen molar-refractivity contribution in [2.45, 2.75) is 39.7 Å². The van der Waals surface area contributed by atoms with Crippen molar-refractivity contribution in [3.05, 3.63) is 28.8 Å². The molecule has 4 nitrogen and oxygen atoms in total. The van der Waals surface area contributed by atoms with E-state index in [1.807, 2.05) is 23.0 Å². The number of aryl methyl sites for hydroxylation is 2. The molecule has 0 fully saturated rings. The molecule has 0 unspecified atom stereocenters. The highest BCUT2D eigenvalue weighted by atomic mass is 79.9. The van der Waals surface area contributed by atoms with Crippen LogP contribution in [0.2, 0.25) is 0 Å². The summed E-state index contributed by atoms with van der Waals surface area (Å²) in [7, 11) is 0. The zero-order chi connectivity index (χ0) is 13.0. The lowest BCUT2D eigenvalue weighted by Gasteiger charge is -2.07. The summed E-state index contributed by atoms with van der Waals surface area (Å²) in [5.41, 5.74) is 1.99. The summed E-state index contributed by atoms with van der Waals surface area (Å²) in [6, 6.07) is 3.95. The molecule has 2 rings (SSSR count). The van der Waals surface area contributed by atoms with Crippen LogP contribution < -0.4 is 0 Å². The van der Waals surface area contributed by atoms with E-state index in [0.29, 0.717) is 0 Å². The normalized spacial score (nSPS) is 10.8. The molecule has 0 saturated heterocycles. The van der Waals surface area contributed by atoms with Crippen molar-refractivity contribution < 1.29 is 0 Å². The summed E-state index contributed by atoms with van der Waals surface area (Å²) in [6.07, 6.45) is 4.82. The van der Waals surface area contributed by atoms with E-state index in [9.17, 15) is 0 Å². The minimum Gasteiger partial charge on any atom is -0.263 e. The van der Waals surface area contributed by atoms with Gasteiger partial charge in [-0.1, -0.05) is 13.8 Å². The van der Waals surface area contributed by atoms with Gasteiger partial charge in [-0.3, -0.25) is 4.68 Å². The highest BCUT2D eigenvalue weighted by Gasteiger charge is 2.09. The van der Waals surface area contributed by atoms with E-state index in [1.165, 1.54) is 0 Å². The molecule has 0 N–H and O–H groups in total. The average molecular weight is 309 g/mol. The first-order chi connectivity index (χ1) is 8.74. The van der Waals surface area contributed by atoms with Gasteiger partial charge in [0, 0.05) is 19.2 Å². The van der Waals surface area contributed by atoms with Crippen LogP contribution >= 0.6 is 15.9 Å². The fourth-order valence-corrected chi connectivity index (χ4v) is 2.29. The van der Waals surface area contributed by atoms with Gasteiger partial charge in [0.2, 0.25) is 0 Å². The first kappa shape index (κ1) is 13.2. The number of hydrogen-bond acceptors (Lipinski definition) is 3. The Labute approximate surface area is 116 Å². The second-order valence-corrected chi connectivity index (χ2v) is 4.99. The van der Waals surface area contributed by atoms with E-state index in [2.05, 4.69) is 44.8 Å². The third kappa shape index (κ3) is 2.96. The minimum absolute atomic E-state index is 0.834. The Morgan fingerprint density at radius 1 is 1.22 bits per heavy atom. The van der Waals surface area contributed by atoms with Crippen LogP contribution in [-0.2, 0) is 13.0 Å². The number of halogens is 1. The predicted molar refractivity (Wildman–Crippen MR) is 75.2 cm³/mol. The standard InChI is InChI=1S/C13H17BrN4/c1-3-5-13-16-10(9-12(14)17-13)11-6-7-15-18(11)8-4-2/h6-7,9H,3-5,8H2,1-2H3. The zero-order valence-electron chi connectivity index (χ0n) is 10.7. The zero-order valence-corrected chi connectivity index (χ0v) is 12.3. The van der Waals surface area contributed by atoms with E-state index >= 15 is 0 Å². The molecule has 0 aliphatic rings. The van der Waals surface area contributed by atoms with Gasteiger partial charge in [-0.05, 0) is 40.9 Å². The fraction of sp³-hybridized carbons (Fsp3) is 0.462. The van der Waals surface area contributed by atoms with Gasteiger partial charge in [-0.2, -0.15) is 5.10 Å². The Morgan fingerprint density at radius 3 is 2.78 bits per heavy atom. The summed E-state index contributed by atoms with van der Waals surface area (Å²) in [6.45, 7) is 5.18. The SMILES string of the molecule is CCCc1nc(Br)cc(-c2ccnn2CCC)n1. The molecule has 0 aliphatic heterocycles. The van der Waals surface area contributed by atoms with Crippen LogP contribution in [0.15, 0.2) is 22.9 Å². The first-order valence-electron chi connectivity index (χ1n) is 6.30. The van der Waals surface area contributed by atoms with Crippen molar-refractivity contribution in [2.75, 3.05) is 0 Å². The molecule has 0 aliphatic carbocycles. The number of hydrogen-bond donors (Lipinski definition) is 0. The highest BCUT2D eigenvalue weighted by molar-refractivity contribution is 9.10. The van der Waals surface area contributed by atoms with Gasteiger partial charge in [-0.25, -0.2) is 9.97 Å². The molecule has 2 aromatic heterocycles. The summed E-state index contributed by atoms with van der Waals surface area (Å²) in [4.78, 5) is 8.99. The Morgan fingerprint density at radius 2 is 2.06 bits per heavy atom. The molecular weight excluding hydrogens is 292 g/mol. The molecule has 0 saturated carbocycles. The van der Waals surface area contributed by atoms with Crippen LogP contribution in [0.3, 0.4) is 0 Å². The van der Waals surface area contributed by atoms with Gasteiger partial charge in [-0.15, -0.1) is 0 Å². The van der Waals surface area contributed by atoms with E-state index in [0.717, 1.165) is 47.6 Å². The van der Waals surface area contributed by atoms with Crippen molar-refractivity contribution >= 4 is 15.9 Å². The lowest BCUT2D eigenvalue weighted by atomic mass is 10.2. The van der Waals surface area contributed by atoms with Crippen LogP contribution in [0.1, 0.15) is 32.5 Å². The maximum atomic E-state index is 4.61. The third-order valence-corrected chi connectivity index (χ3v) is 3.04. The maximum Gasteiger partial charge on any atom is 0.130 e. The molecule has 0 amide bonds. The largest absolute Gasteiger partial charge is 0.263 e. The number of rotatable bonds is 5. The van der Waals surface area contributed by atoms with Crippen LogP contribution in [0.4, 0.5) is 0 Å². The summed E-state index contributed by atoms with van der Waals surface area (Å²) >= 11 is 3.45. The predicted octanol–water partition coefficient (Wildman–Crippen LogP) is 3.47. The molecule has 0 spiro atoms. The molecule has 0 atom stereocenters. The molecule has 2 aromatic rings. The third-order valence-electron chi connectivity index (χ3n) is 2.63. The average Bonchev–Trinajstić information content (AvgIpc) is 2.77. The van der Waals surface area contributed by atoms with E-state index in [4.69, 9.17) is 0 Å². The smallest absolute Gasteiger partial charge is 0.130 e. The maximum absolute atomic E-state index is 4.61.